The van der Waals surface area contributed by atoms with Gasteiger partial charge in [-0.05, 0) is 31.0 Å². The number of nitrogens with zero attached hydrogens (tertiary/aromatic N) is 2. The molecular weight excluding hydrogens is 389 g/mol. The summed E-state index contributed by atoms with van der Waals surface area (Å²) in [6.07, 6.45) is 2.51. The lowest BCUT2D eigenvalue weighted by atomic mass is 9.98. The highest BCUT2D eigenvalue weighted by Crippen LogP contribution is 2.31. The second-order valence-electron chi connectivity index (χ2n) is 6.62. The largest absolute Gasteiger partial charge is 0.356 e. The van der Waals surface area contributed by atoms with Crippen LogP contribution in [0.5, 0.6) is 0 Å². The van der Waals surface area contributed by atoms with Crippen LogP contribution in [0.3, 0.4) is 0 Å². The molecule has 144 valence electrons. The van der Waals surface area contributed by atoms with Crippen molar-refractivity contribution in [2.75, 3.05) is 19.6 Å². The van der Waals surface area contributed by atoms with Crippen LogP contribution in [0.2, 0.25) is 5.02 Å². The molecule has 2 aromatic rings. The number of carbonyl (C=O) groups excluding carboxylic acids is 2. The van der Waals surface area contributed by atoms with Crippen LogP contribution in [0.1, 0.15) is 46.7 Å². The molecule has 1 aliphatic heterocycles. The van der Waals surface area contributed by atoms with Crippen molar-refractivity contribution in [2.24, 2.45) is 0 Å². The van der Waals surface area contributed by atoms with E-state index in [4.69, 9.17) is 11.6 Å². The Morgan fingerprint density at radius 2 is 2.26 bits per heavy atom. The maximum absolute atomic E-state index is 13.5. The van der Waals surface area contributed by atoms with Crippen LogP contribution in [-0.2, 0) is 11.2 Å². The van der Waals surface area contributed by atoms with E-state index in [0.717, 1.165) is 23.5 Å². The zero-order valence-corrected chi connectivity index (χ0v) is 16.6. The summed E-state index contributed by atoms with van der Waals surface area (Å²) in [6, 6.07) is 3.85. The Morgan fingerprint density at radius 3 is 3.04 bits per heavy atom. The van der Waals surface area contributed by atoms with E-state index in [0.29, 0.717) is 26.1 Å². The van der Waals surface area contributed by atoms with Gasteiger partial charge in [-0.15, -0.1) is 11.3 Å². The second kappa shape index (κ2) is 8.80. The molecular formula is C19H21ClFN3O2S. The molecule has 1 aromatic heterocycles. The van der Waals surface area contributed by atoms with Gasteiger partial charge in [-0.2, -0.15) is 0 Å². The minimum absolute atomic E-state index is 0.0529. The molecule has 1 fully saturated rings. The Labute approximate surface area is 166 Å². The number of piperidine rings is 1. The summed E-state index contributed by atoms with van der Waals surface area (Å²) >= 11 is 7.67. The van der Waals surface area contributed by atoms with E-state index < -0.39 is 5.82 Å². The third-order valence-corrected chi connectivity index (χ3v) is 5.93. The average molecular weight is 410 g/mol. The minimum Gasteiger partial charge on any atom is -0.356 e. The lowest BCUT2D eigenvalue weighted by molar-refractivity contribution is -0.118. The summed E-state index contributed by atoms with van der Waals surface area (Å²) in [5.74, 6) is -0.607. The SMILES string of the molecule is CC(=O)NCCc1csc([C@@H]2CCCN(C(=O)c3cc(F)ccc3Cl)C2)n1. The molecule has 0 unspecified atom stereocenters. The van der Waals surface area contributed by atoms with Crippen molar-refractivity contribution in [3.8, 4) is 0 Å². The van der Waals surface area contributed by atoms with Crippen LogP contribution in [0.4, 0.5) is 4.39 Å². The molecule has 0 bridgehead atoms. The number of hydrogen-bond donors (Lipinski definition) is 1. The third-order valence-electron chi connectivity index (χ3n) is 4.54. The van der Waals surface area contributed by atoms with Crippen LogP contribution in [-0.4, -0.2) is 41.3 Å². The van der Waals surface area contributed by atoms with Gasteiger partial charge in [0.25, 0.3) is 5.91 Å². The molecule has 0 saturated carbocycles. The predicted molar refractivity (Wildman–Crippen MR) is 104 cm³/mol. The van der Waals surface area contributed by atoms with E-state index >= 15 is 0 Å². The van der Waals surface area contributed by atoms with Crippen molar-refractivity contribution in [1.29, 1.82) is 0 Å². The topological polar surface area (TPSA) is 62.3 Å². The number of carbonyl (C=O) groups is 2. The van der Waals surface area contributed by atoms with E-state index in [1.54, 1.807) is 16.2 Å². The van der Waals surface area contributed by atoms with Crippen LogP contribution in [0.25, 0.3) is 0 Å². The molecule has 1 N–H and O–H groups in total. The highest BCUT2D eigenvalue weighted by atomic mass is 35.5. The summed E-state index contributed by atoms with van der Waals surface area (Å²) in [7, 11) is 0. The molecule has 0 spiro atoms. The summed E-state index contributed by atoms with van der Waals surface area (Å²) in [5, 5.41) is 6.02. The molecule has 27 heavy (non-hydrogen) atoms. The number of thiazole rings is 1. The van der Waals surface area contributed by atoms with Gasteiger partial charge in [-0.25, -0.2) is 9.37 Å². The lowest BCUT2D eigenvalue weighted by Crippen LogP contribution is -2.39. The van der Waals surface area contributed by atoms with Crippen LogP contribution in [0, 0.1) is 5.82 Å². The van der Waals surface area contributed by atoms with Gasteiger partial charge in [0.1, 0.15) is 5.82 Å². The lowest BCUT2D eigenvalue weighted by Gasteiger charge is -2.32. The number of hydrogen-bond acceptors (Lipinski definition) is 4. The number of benzene rings is 1. The molecule has 2 heterocycles. The molecule has 1 atom stereocenters. The van der Waals surface area contributed by atoms with E-state index in [1.165, 1.54) is 25.1 Å². The van der Waals surface area contributed by atoms with Crippen molar-refractivity contribution < 1.29 is 14.0 Å². The van der Waals surface area contributed by atoms with Gasteiger partial charge in [0.2, 0.25) is 5.91 Å². The first-order chi connectivity index (χ1) is 12.9. The first-order valence-electron chi connectivity index (χ1n) is 8.87. The fraction of sp³-hybridized carbons (Fsp3) is 0.421. The first kappa shape index (κ1) is 19.8. The molecule has 8 heteroatoms. The zero-order chi connectivity index (χ0) is 19.4. The van der Waals surface area contributed by atoms with Crippen molar-refractivity contribution in [3.05, 3.63) is 50.7 Å². The van der Waals surface area contributed by atoms with Gasteiger partial charge in [0.05, 0.1) is 21.3 Å². The fourth-order valence-electron chi connectivity index (χ4n) is 3.19. The van der Waals surface area contributed by atoms with Gasteiger partial charge < -0.3 is 10.2 Å². The molecule has 5 nitrogen and oxygen atoms in total. The average Bonchev–Trinajstić information content (AvgIpc) is 3.12. The number of amides is 2. The van der Waals surface area contributed by atoms with Crippen LogP contribution >= 0.6 is 22.9 Å². The Hall–Kier alpha value is -1.99. The molecule has 2 amide bonds. The zero-order valence-electron chi connectivity index (χ0n) is 15.0. The maximum Gasteiger partial charge on any atom is 0.255 e. The summed E-state index contributed by atoms with van der Waals surface area (Å²) in [6.45, 7) is 3.23. The highest BCUT2D eigenvalue weighted by Gasteiger charge is 2.28. The van der Waals surface area contributed by atoms with Gasteiger partial charge in [0.15, 0.2) is 0 Å². The standard InChI is InChI=1S/C19H21ClFN3O2S/c1-12(25)22-7-6-15-11-27-18(23-15)13-3-2-8-24(10-13)19(26)16-9-14(21)4-5-17(16)20/h4-5,9,11,13H,2-3,6-8,10H2,1H3,(H,22,25)/t13-/m1/s1. The van der Waals surface area contributed by atoms with Crippen molar-refractivity contribution in [1.82, 2.24) is 15.2 Å². The fourth-order valence-corrected chi connectivity index (χ4v) is 4.37. The van der Waals surface area contributed by atoms with E-state index in [9.17, 15) is 14.0 Å². The number of halogens is 2. The van der Waals surface area contributed by atoms with Crippen LogP contribution < -0.4 is 5.32 Å². The summed E-state index contributed by atoms with van der Waals surface area (Å²) < 4.78 is 13.5. The highest BCUT2D eigenvalue weighted by molar-refractivity contribution is 7.09. The smallest absolute Gasteiger partial charge is 0.255 e. The normalized spacial score (nSPS) is 17.0. The van der Waals surface area contributed by atoms with Gasteiger partial charge >= 0.3 is 0 Å². The van der Waals surface area contributed by atoms with Crippen molar-refractivity contribution in [3.63, 3.8) is 0 Å². The van der Waals surface area contributed by atoms with Crippen molar-refractivity contribution >= 4 is 34.8 Å². The van der Waals surface area contributed by atoms with E-state index in [1.807, 2.05) is 5.38 Å². The number of nitrogens with one attached hydrogen (secondary N) is 1. The summed E-state index contributed by atoms with van der Waals surface area (Å²) in [5.41, 5.74) is 1.15. The predicted octanol–water partition coefficient (Wildman–Crippen LogP) is 3.63. The molecule has 3 rings (SSSR count). The van der Waals surface area contributed by atoms with Crippen LogP contribution in [0.15, 0.2) is 23.6 Å². The van der Waals surface area contributed by atoms with E-state index in [-0.39, 0.29) is 28.3 Å². The maximum atomic E-state index is 13.5. The van der Waals surface area contributed by atoms with Gasteiger partial charge in [-0.1, -0.05) is 11.6 Å². The molecule has 1 aliphatic rings. The second-order valence-corrected chi connectivity index (χ2v) is 7.92. The Bertz CT molecular complexity index is 842. The monoisotopic (exact) mass is 409 g/mol. The number of aromatic nitrogens is 1. The minimum atomic E-state index is -0.472. The Kier molecular flexibility index (Phi) is 6.44. The first-order valence-corrected chi connectivity index (χ1v) is 10.1. The quantitative estimate of drug-likeness (QED) is 0.820. The number of likely N-dealkylation sites (tertiary alicyclic amines) is 1. The van der Waals surface area contributed by atoms with Crippen molar-refractivity contribution in [2.45, 2.75) is 32.1 Å². The molecule has 0 radical (unpaired) electrons. The molecule has 0 aliphatic carbocycles. The van der Waals surface area contributed by atoms with Gasteiger partial charge in [-0.3, -0.25) is 9.59 Å². The third kappa shape index (κ3) is 5.05. The summed E-state index contributed by atoms with van der Waals surface area (Å²) in [4.78, 5) is 30.1. The number of rotatable bonds is 5. The Balaban J connectivity index is 1.65. The molecule has 1 aromatic carbocycles. The molecule has 1 saturated heterocycles. The van der Waals surface area contributed by atoms with E-state index in [2.05, 4.69) is 10.3 Å². The van der Waals surface area contributed by atoms with Gasteiger partial charge in [0, 0.05) is 44.3 Å². The Morgan fingerprint density at radius 1 is 1.44 bits per heavy atom.